The first-order valence-corrected chi connectivity index (χ1v) is 11.1. The minimum atomic E-state index is -0.700. The van der Waals surface area contributed by atoms with Crippen LogP contribution in [0.3, 0.4) is 0 Å². The minimum Gasteiger partial charge on any atom is -0.445 e. The van der Waals surface area contributed by atoms with Gasteiger partial charge in [0, 0.05) is 25.7 Å². The van der Waals surface area contributed by atoms with Gasteiger partial charge in [-0.1, -0.05) is 42.5 Å². The average molecular weight is 444 g/mol. The van der Waals surface area contributed by atoms with Crippen LogP contribution in [-0.2, 0) is 20.9 Å². The van der Waals surface area contributed by atoms with Crippen molar-refractivity contribution in [3.8, 4) is 0 Å². The number of alkyl carbamates (subject to hydrolysis) is 1. The third-order valence-electron chi connectivity index (χ3n) is 5.42. The van der Waals surface area contributed by atoms with Crippen LogP contribution in [-0.4, -0.2) is 65.2 Å². The molecule has 0 bridgehead atoms. The number of ether oxygens (including phenoxy) is 2. The molecule has 0 spiro atoms. The number of carbonyl (C=O) groups is 3. The largest absolute Gasteiger partial charge is 0.445 e. The molecule has 8 heteroatoms. The molecule has 32 heavy (non-hydrogen) atoms. The first kappa shape index (κ1) is 23.6. The summed E-state index contributed by atoms with van der Waals surface area (Å²) in [6, 6.07) is 8.55. The van der Waals surface area contributed by atoms with Gasteiger partial charge in [-0.15, -0.1) is 0 Å². The molecule has 2 aliphatic rings. The summed E-state index contributed by atoms with van der Waals surface area (Å²) in [5.41, 5.74) is 0.307. The Balaban J connectivity index is 1.58. The van der Waals surface area contributed by atoms with Crippen molar-refractivity contribution in [3.05, 3.63) is 48.0 Å². The predicted octanol–water partition coefficient (Wildman–Crippen LogP) is 3.47. The molecule has 1 aromatic rings. The van der Waals surface area contributed by atoms with Gasteiger partial charge in [-0.05, 0) is 45.6 Å². The summed E-state index contributed by atoms with van der Waals surface area (Å²) < 4.78 is 10.8. The Bertz CT molecular complexity index is 834. The second-order valence-electron chi connectivity index (χ2n) is 9.18. The molecule has 174 valence electrons. The van der Waals surface area contributed by atoms with Crippen LogP contribution in [0.25, 0.3) is 0 Å². The Morgan fingerprint density at radius 3 is 2.62 bits per heavy atom. The Hall–Kier alpha value is -3.03. The summed E-state index contributed by atoms with van der Waals surface area (Å²) in [6.07, 6.45) is 4.83. The molecular weight excluding hydrogens is 410 g/mol. The Labute approximate surface area is 189 Å². The van der Waals surface area contributed by atoms with Crippen molar-refractivity contribution in [2.24, 2.45) is 0 Å². The minimum absolute atomic E-state index is 0.129. The maximum absolute atomic E-state index is 13.2. The van der Waals surface area contributed by atoms with Gasteiger partial charge in [-0.2, -0.15) is 0 Å². The quantitative estimate of drug-likeness (QED) is 0.720. The molecule has 8 nitrogen and oxygen atoms in total. The second-order valence-corrected chi connectivity index (χ2v) is 9.18. The van der Waals surface area contributed by atoms with Crippen LogP contribution in [0, 0.1) is 0 Å². The van der Waals surface area contributed by atoms with Crippen molar-refractivity contribution in [2.75, 3.05) is 19.6 Å². The number of piperidine rings is 1. The van der Waals surface area contributed by atoms with Gasteiger partial charge in [0.25, 0.3) is 0 Å². The molecule has 1 saturated heterocycles. The van der Waals surface area contributed by atoms with Gasteiger partial charge in [-0.3, -0.25) is 4.79 Å². The predicted molar refractivity (Wildman–Crippen MR) is 120 cm³/mol. The first-order chi connectivity index (χ1) is 15.2. The summed E-state index contributed by atoms with van der Waals surface area (Å²) in [7, 11) is 0. The number of hydrogen-bond acceptors (Lipinski definition) is 5. The van der Waals surface area contributed by atoms with E-state index in [1.807, 2.05) is 63.3 Å². The Kier molecular flexibility index (Phi) is 7.77. The van der Waals surface area contributed by atoms with Crippen molar-refractivity contribution in [1.29, 1.82) is 0 Å². The fourth-order valence-electron chi connectivity index (χ4n) is 3.87. The number of amides is 3. The number of nitrogens with one attached hydrogen (secondary N) is 1. The number of rotatable bonds is 4. The zero-order chi connectivity index (χ0) is 23.1. The molecule has 1 unspecified atom stereocenters. The van der Waals surface area contributed by atoms with Crippen LogP contribution in [0.5, 0.6) is 0 Å². The highest BCUT2D eigenvalue weighted by Gasteiger charge is 2.35. The van der Waals surface area contributed by atoms with Crippen molar-refractivity contribution >= 4 is 18.1 Å². The number of likely N-dealkylation sites (tertiary alicyclic amines) is 1. The van der Waals surface area contributed by atoms with Crippen molar-refractivity contribution < 1.29 is 23.9 Å². The monoisotopic (exact) mass is 443 g/mol. The lowest BCUT2D eigenvalue weighted by atomic mass is 10.0. The lowest BCUT2D eigenvalue weighted by molar-refractivity contribution is -0.136. The highest BCUT2D eigenvalue weighted by molar-refractivity contribution is 5.86. The average Bonchev–Trinajstić information content (AvgIpc) is 2.93. The topological polar surface area (TPSA) is 88.2 Å². The van der Waals surface area contributed by atoms with Gasteiger partial charge in [0.2, 0.25) is 5.91 Å². The van der Waals surface area contributed by atoms with Crippen molar-refractivity contribution in [3.63, 3.8) is 0 Å². The van der Waals surface area contributed by atoms with Gasteiger partial charge in [-0.25, -0.2) is 9.59 Å². The third kappa shape index (κ3) is 6.73. The maximum atomic E-state index is 13.2. The molecule has 0 aliphatic carbocycles. The van der Waals surface area contributed by atoms with Gasteiger partial charge >= 0.3 is 12.2 Å². The molecule has 3 rings (SSSR count). The molecule has 1 fully saturated rings. The molecule has 0 aromatic heterocycles. The Morgan fingerprint density at radius 1 is 1.16 bits per heavy atom. The van der Waals surface area contributed by atoms with Crippen LogP contribution in [0.4, 0.5) is 9.59 Å². The van der Waals surface area contributed by atoms with Crippen LogP contribution in [0.15, 0.2) is 42.5 Å². The summed E-state index contributed by atoms with van der Waals surface area (Å²) in [6.45, 7) is 7.12. The number of hydrogen-bond donors (Lipinski definition) is 1. The smallest absolute Gasteiger partial charge is 0.410 e. The summed E-state index contributed by atoms with van der Waals surface area (Å²) in [5, 5.41) is 2.70. The molecule has 1 aromatic carbocycles. The highest BCUT2D eigenvalue weighted by atomic mass is 16.6. The van der Waals surface area contributed by atoms with E-state index >= 15 is 0 Å². The zero-order valence-corrected chi connectivity index (χ0v) is 19.1. The summed E-state index contributed by atoms with van der Waals surface area (Å²) >= 11 is 0. The number of benzene rings is 1. The molecule has 2 aliphatic heterocycles. The zero-order valence-electron chi connectivity index (χ0n) is 19.1. The van der Waals surface area contributed by atoms with Crippen LogP contribution in [0.2, 0.25) is 0 Å². The van der Waals surface area contributed by atoms with Gasteiger partial charge in [0.15, 0.2) is 0 Å². The van der Waals surface area contributed by atoms with E-state index in [9.17, 15) is 14.4 Å². The van der Waals surface area contributed by atoms with E-state index in [1.165, 1.54) is 0 Å². The maximum Gasteiger partial charge on any atom is 0.410 e. The number of carbonyl (C=O) groups excluding carboxylic acids is 3. The van der Waals surface area contributed by atoms with E-state index in [1.54, 1.807) is 9.80 Å². The van der Waals surface area contributed by atoms with Crippen molar-refractivity contribution in [2.45, 2.75) is 64.3 Å². The van der Waals surface area contributed by atoms with Crippen LogP contribution in [0.1, 0.15) is 45.6 Å². The van der Waals surface area contributed by atoms with Gasteiger partial charge in [0.05, 0.1) is 0 Å². The molecule has 0 radical (unpaired) electrons. The van der Waals surface area contributed by atoms with E-state index in [0.29, 0.717) is 26.1 Å². The van der Waals surface area contributed by atoms with Crippen LogP contribution < -0.4 is 5.32 Å². The molecule has 1 N–H and O–H groups in total. The number of nitrogens with zero attached hydrogens (tertiary/aromatic N) is 2. The highest BCUT2D eigenvalue weighted by Crippen LogP contribution is 2.21. The molecule has 0 saturated carbocycles. The van der Waals surface area contributed by atoms with E-state index in [2.05, 4.69) is 5.32 Å². The molecule has 2 atom stereocenters. The van der Waals surface area contributed by atoms with Crippen LogP contribution >= 0.6 is 0 Å². The molecule has 3 amide bonds. The van der Waals surface area contributed by atoms with Gasteiger partial charge in [0.1, 0.15) is 18.2 Å². The van der Waals surface area contributed by atoms with E-state index in [0.717, 1.165) is 18.4 Å². The third-order valence-corrected chi connectivity index (χ3v) is 5.42. The SMILES string of the molecule is CC(C)(C)OC(=O)N1CCCC(N2CC=CC[C@@H](NC(=O)OCc3ccccc3)C2=O)C1. The van der Waals surface area contributed by atoms with E-state index in [-0.39, 0.29) is 24.6 Å². The van der Waals surface area contributed by atoms with Crippen molar-refractivity contribution in [1.82, 2.24) is 15.1 Å². The lowest BCUT2D eigenvalue weighted by Gasteiger charge is -2.40. The normalized spacial score (nSPS) is 21.7. The van der Waals surface area contributed by atoms with E-state index < -0.39 is 17.7 Å². The van der Waals surface area contributed by atoms with Gasteiger partial charge < -0.3 is 24.6 Å². The molecule has 2 heterocycles. The lowest BCUT2D eigenvalue weighted by Crippen LogP contribution is -2.56. The molecular formula is C24H33N3O5. The second kappa shape index (κ2) is 10.5. The first-order valence-electron chi connectivity index (χ1n) is 11.1. The summed E-state index contributed by atoms with van der Waals surface area (Å²) in [4.78, 5) is 41.5. The fourth-order valence-corrected chi connectivity index (χ4v) is 3.87. The standard InChI is InChI=1S/C24H33N3O5/c1-24(2,3)32-23(30)26-14-9-12-19(16-26)27-15-8-7-13-20(21(27)28)25-22(29)31-17-18-10-5-4-6-11-18/h4-8,10-11,19-20H,9,12-17H2,1-3H3,(H,25,29)/t19?,20-/m1/s1. The fraction of sp³-hybridized carbons (Fsp3) is 0.542. The summed E-state index contributed by atoms with van der Waals surface area (Å²) in [5.74, 6) is -0.164. The van der Waals surface area contributed by atoms with E-state index in [4.69, 9.17) is 9.47 Å². The Morgan fingerprint density at radius 2 is 1.91 bits per heavy atom.